The Kier molecular flexibility index (Phi) is 17.9. The highest BCUT2D eigenvalue weighted by atomic mass is 33.1. The molecule has 80 heavy (non-hydrogen) atoms. The SMILES string of the molecule is CCC(=O)CCC(C)SSC(C)(C)CCC(=O)N[C@@H](C)C(=O)C[C@@H](C)C(=O)Nc1cc(COc2cc3c(cc2C)C(=O)N2c4ccccc4C[C@H]2[C-]=[N+]3C)cc(COc2cc3c(cc2OC)C(=O)N2c4ccccc4C[C@H]2CC3)c1. The van der Waals surface area contributed by atoms with Crippen molar-refractivity contribution in [2.45, 2.75) is 154 Å². The average molecular weight is 1120 g/mol. The molecule has 4 aliphatic heterocycles. The van der Waals surface area contributed by atoms with Crippen molar-refractivity contribution >= 4 is 85.7 Å². The van der Waals surface area contributed by atoms with E-state index < -0.39 is 12.0 Å². The van der Waals surface area contributed by atoms with Crippen LogP contribution in [0.15, 0.2) is 91.0 Å². The normalized spacial score (nSPS) is 17.2. The highest BCUT2D eigenvalue weighted by Crippen LogP contribution is 2.44. The molecule has 9 rings (SSSR count). The molecule has 0 aliphatic carbocycles. The zero-order valence-corrected chi connectivity index (χ0v) is 49.0. The number of amides is 4. The average Bonchev–Trinajstić information content (AvgIpc) is 3.95. The molecule has 14 nitrogen and oxygen atoms in total. The Balaban J connectivity index is 0.891. The van der Waals surface area contributed by atoms with Gasteiger partial charge in [0, 0.05) is 88.1 Å². The number of para-hydroxylation sites is 2. The zero-order valence-electron chi connectivity index (χ0n) is 47.4. The molecular formula is C64H73N5O9S2. The molecule has 4 heterocycles. The standard InChI is InChI=1S/C64H73N5O9S2/c1-10-50(70)22-19-40(4)79-80-64(6,7)24-23-60(72)65-41(5)56(71)26-39(3)61(73)66-47-28-42(36-77-57-34-55-52(25-38(57)2)63(75)69-49(35-67(55)8)31-46-16-12-14-18-54(46)69)27-43(29-47)37-78-59-32-44-20-21-48-30-45-15-11-13-17-53(45)68(48)62(74)51(44)33-58(59)76-9/h11-18,25,27-29,32-34,39-41,48-49H,10,19-24,26,30-31,36-37H2,1-9H3,(H,65,72)(H,66,73)/t39-,40?,41+,48-,49+/m1/s1. The predicted molar refractivity (Wildman–Crippen MR) is 317 cm³/mol. The second-order valence-electron chi connectivity index (χ2n) is 22.4. The van der Waals surface area contributed by atoms with Crippen LogP contribution in [0, 0.1) is 12.8 Å². The van der Waals surface area contributed by atoms with Gasteiger partial charge in [0.15, 0.2) is 17.3 Å². The maximum Gasteiger partial charge on any atom is 0.258 e. The number of nitrogens with zero attached hydrogens (tertiary/aromatic N) is 3. The Hall–Kier alpha value is -6.91. The summed E-state index contributed by atoms with van der Waals surface area (Å²) in [6.07, 6.45) is 9.16. The molecule has 0 aromatic heterocycles. The smallest absolute Gasteiger partial charge is 0.258 e. The number of ketones is 2. The number of fused-ring (bicyclic) bond motifs is 8. The number of ether oxygens (including phenoxy) is 3. The quantitative estimate of drug-likeness (QED) is 0.0363. The van der Waals surface area contributed by atoms with Crippen LogP contribution in [0.5, 0.6) is 17.2 Å². The summed E-state index contributed by atoms with van der Waals surface area (Å²) in [5.41, 5.74) is 9.47. The fourth-order valence-corrected chi connectivity index (χ4v) is 13.6. The number of anilines is 3. The topological polar surface area (TPSA) is 164 Å². The van der Waals surface area contributed by atoms with Gasteiger partial charge in [0.2, 0.25) is 17.7 Å². The third-order valence-corrected chi connectivity index (χ3v) is 19.6. The number of carbonyl (C=O) groups is 6. The Bertz CT molecular complexity index is 3260. The van der Waals surface area contributed by atoms with Crippen LogP contribution in [-0.4, -0.2) is 88.3 Å². The molecule has 420 valence electrons. The first kappa shape index (κ1) is 57.8. The summed E-state index contributed by atoms with van der Waals surface area (Å²) in [6, 6.07) is 28.1. The van der Waals surface area contributed by atoms with E-state index >= 15 is 0 Å². The van der Waals surface area contributed by atoms with E-state index in [9.17, 15) is 28.8 Å². The van der Waals surface area contributed by atoms with Crippen molar-refractivity contribution < 1.29 is 47.6 Å². The van der Waals surface area contributed by atoms with Gasteiger partial charge in [-0.25, -0.2) is 0 Å². The first-order valence-corrected chi connectivity index (χ1v) is 30.1. The van der Waals surface area contributed by atoms with E-state index in [1.807, 2.05) is 108 Å². The molecule has 0 fully saturated rings. The van der Waals surface area contributed by atoms with Crippen molar-refractivity contribution in [3.8, 4) is 17.2 Å². The van der Waals surface area contributed by atoms with Gasteiger partial charge in [-0.3, -0.25) is 28.8 Å². The first-order chi connectivity index (χ1) is 38.3. The van der Waals surface area contributed by atoms with Gasteiger partial charge in [-0.1, -0.05) is 84.8 Å². The first-order valence-electron chi connectivity index (χ1n) is 27.9. The highest BCUT2D eigenvalue weighted by Gasteiger charge is 2.39. The molecule has 4 aliphatic rings. The van der Waals surface area contributed by atoms with Crippen LogP contribution < -0.4 is 34.6 Å². The molecule has 2 N–H and O–H groups in total. The lowest BCUT2D eigenvalue weighted by atomic mass is 9.99. The van der Waals surface area contributed by atoms with Crippen molar-refractivity contribution in [1.29, 1.82) is 0 Å². The summed E-state index contributed by atoms with van der Waals surface area (Å²) in [5.74, 6) is -0.0340. The molecule has 0 radical (unpaired) electrons. The van der Waals surface area contributed by atoms with E-state index in [0.29, 0.717) is 88.2 Å². The monoisotopic (exact) mass is 1120 g/mol. The molecular weight excluding hydrogens is 1050 g/mol. The number of carbonyl (C=O) groups excluding carboxylic acids is 6. The molecule has 5 aromatic rings. The number of aryl methyl sites for hydroxylation is 2. The van der Waals surface area contributed by atoms with Gasteiger partial charge in [-0.2, -0.15) is 0 Å². The van der Waals surface area contributed by atoms with Gasteiger partial charge in [-0.05, 0) is 148 Å². The van der Waals surface area contributed by atoms with E-state index in [4.69, 9.17) is 14.2 Å². The van der Waals surface area contributed by atoms with Crippen molar-refractivity contribution in [2.24, 2.45) is 5.92 Å². The van der Waals surface area contributed by atoms with Crippen molar-refractivity contribution in [1.82, 2.24) is 5.32 Å². The van der Waals surface area contributed by atoms with E-state index in [2.05, 4.69) is 49.8 Å². The number of benzene rings is 5. The Morgan fingerprint density at radius 3 is 2.16 bits per heavy atom. The number of methoxy groups -OCH3 is 1. The number of hydrogen-bond acceptors (Lipinski definition) is 11. The van der Waals surface area contributed by atoms with Gasteiger partial charge >= 0.3 is 0 Å². The van der Waals surface area contributed by atoms with Crippen LogP contribution in [0.2, 0.25) is 0 Å². The second-order valence-corrected chi connectivity index (χ2v) is 25.7. The number of hydrogen-bond donors (Lipinski definition) is 2. The predicted octanol–water partition coefficient (Wildman–Crippen LogP) is 11.6. The minimum absolute atomic E-state index is 0.0596. The van der Waals surface area contributed by atoms with E-state index in [0.717, 1.165) is 47.3 Å². The number of Topliss-reactive ketones (excluding diaryl/α,β-unsaturated/α-hetero) is 2. The largest absolute Gasteiger partial charge is 0.493 e. The molecule has 0 saturated heterocycles. The maximum atomic E-state index is 14.2. The Morgan fingerprint density at radius 1 is 0.800 bits per heavy atom. The van der Waals surface area contributed by atoms with Crippen LogP contribution in [0.25, 0.3) is 0 Å². The summed E-state index contributed by atoms with van der Waals surface area (Å²) >= 11 is 0. The third-order valence-electron chi connectivity index (χ3n) is 15.6. The fraction of sp³-hybridized carbons (Fsp3) is 0.422. The number of rotatable bonds is 23. The van der Waals surface area contributed by atoms with Crippen molar-refractivity contribution in [2.75, 3.05) is 29.3 Å². The maximum absolute atomic E-state index is 14.2. The van der Waals surface area contributed by atoms with Gasteiger partial charge in [-0.15, -0.1) is 0 Å². The molecule has 0 bridgehead atoms. The van der Waals surface area contributed by atoms with Crippen LogP contribution in [0.4, 0.5) is 22.7 Å². The van der Waals surface area contributed by atoms with Gasteiger partial charge in [0.05, 0.1) is 18.8 Å². The van der Waals surface area contributed by atoms with Crippen LogP contribution in [0.3, 0.4) is 0 Å². The summed E-state index contributed by atoms with van der Waals surface area (Å²) < 4.78 is 20.6. The van der Waals surface area contributed by atoms with Gasteiger partial charge in [0.25, 0.3) is 5.91 Å². The lowest BCUT2D eigenvalue weighted by Gasteiger charge is -2.25. The molecule has 0 spiro atoms. The second kappa shape index (κ2) is 24.8. The lowest BCUT2D eigenvalue weighted by Crippen LogP contribution is -2.40. The molecule has 5 atom stereocenters. The lowest BCUT2D eigenvalue weighted by molar-refractivity contribution is -0.401. The molecule has 16 heteroatoms. The summed E-state index contributed by atoms with van der Waals surface area (Å²) in [6.45, 7) is 13.6. The van der Waals surface area contributed by atoms with Gasteiger partial charge in [0.1, 0.15) is 31.8 Å². The Labute approximate surface area is 478 Å². The molecule has 1 unspecified atom stereocenters. The van der Waals surface area contributed by atoms with E-state index in [1.165, 1.54) is 5.56 Å². The van der Waals surface area contributed by atoms with Crippen molar-refractivity contribution in [3.63, 3.8) is 0 Å². The summed E-state index contributed by atoms with van der Waals surface area (Å²) in [7, 11) is 6.89. The van der Waals surface area contributed by atoms with E-state index in [1.54, 1.807) is 48.6 Å². The van der Waals surface area contributed by atoms with Crippen LogP contribution in [-0.2, 0) is 51.7 Å². The minimum atomic E-state index is -0.792. The van der Waals surface area contributed by atoms with Crippen LogP contribution in [0.1, 0.15) is 141 Å². The third kappa shape index (κ3) is 13.1. The molecule has 0 saturated carbocycles. The van der Waals surface area contributed by atoms with Crippen LogP contribution >= 0.6 is 21.6 Å². The van der Waals surface area contributed by atoms with E-state index in [-0.39, 0.29) is 78.1 Å². The highest BCUT2D eigenvalue weighted by molar-refractivity contribution is 8.77. The van der Waals surface area contributed by atoms with Crippen molar-refractivity contribution in [3.05, 3.63) is 136 Å². The molecule has 5 aromatic carbocycles. The fourth-order valence-electron chi connectivity index (χ4n) is 11.0. The Morgan fingerprint density at radius 2 is 1.46 bits per heavy atom. The summed E-state index contributed by atoms with van der Waals surface area (Å²) in [4.78, 5) is 84.6. The summed E-state index contributed by atoms with van der Waals surface area (Å²) in [5, 5.41) is 6.19. The van der Waals surface area contributed by atoms with Gasteiger partial charge < -0.3 is 39.2 Å². The minimum Gasteiger partial charge on any atom is -0.493 e. The molecule has 4 amide bonds. The number of nitrogens with one attached hydrogen (secondary N) is 2. The zero-order chi connectivity index (χ0) is 57.0.